The summed E-state index contributed by atoms with van der Waals surface area (Å²) in [7, 11) is 0. The summed E-state index contributed by atoms with van der Waals surface area (Å²) in [5.74, 6) is -0.383. The number of amides is 3. The fourth-order valence-corrected chi connectivity index (χ4v) is 3.04. The molecule has 0 saturated carbocycles. The summed E-state index contributed by atoms with van der Waals surface area (Å²) in [5, 5.41) is 5.95. The molecule has 1 fully saturated rings. The van der Waals surface area contributed by atoms with E-state index in [0.29, 0.717) is 36.9 Å². The van der Waals surface area contributed by atoms with Crippen LogP contribution in [0.1, 0.15) is 19.4 Å². The maximum absolute atomic E-state index is 12.1. The molecule has 0 aromatic heterocycles. The first-order valence-corrected chi connectivity index (χ1v) is 9.48. The zero-order valence-electron chi connectivity index (χ0n) is 16.0. The number of rotatable bonds is 6. The van der Waals surface area contributed by atoms with Gasteiger partial charge in [-0.1, -0.05) is 31.5 Å². The van der Waals surface area contributed by atoms with Gasteiger partial charge >= 0.3 is 0 Å². The fourth-order valence-electron chi connectivity index (χ4n) is 2.87. The van der Waals surface area contributed by atoms with Crippen LogP contribution < -0.4 is 10.6 Å². The van der Waals surface area contributed by atoms with Gasteiger partial charge in [-0.15, -0.1) is 0 Å². The molecule has 1 aliphatic heterocycles. The Labute approximate surface area is 165 Å². The molecule has 0 radical (unpaired) electrons. The van der Waals surface area contributed by atoms with Gasteiger partial charge in [-0.3, -0.25) is 19.3 Å². The second-order valence-corrected chi connectivity index (χ2v) is 7.40. The maximum Gasteiger partial charge on any atom is 0.243 e. The SMILES string of the molecule is Cc1c(Cl)cccc1NC(=O)CNC(=O)CN1CCN(C(=O)C(C)C)CC1. The minimum Gasteiger partial charge on any atom is -0.346 e. The minimum atomic E-state index is -0.305. The average molecular weight is 395 g/mol. The van der Waals surface area contributed by atoms with Crippen LogP contribution in [0, 0.1) is 12.8 Å². The van der Waals surface area contributed by atoms with E-state index in [1.54, 1.807) is 18.2 Å². The van der Waals surface area contributed by atoms with Crippen LogP contribution in [0.15, 0.2) is 18.2 Å². The van der Waals surface area contributed by atoms with Gasteiger partial charge in [0.25, 0.3) is 0 Å². The third-order valence-electron chi connectivity index (χ3n) is 4.53. The van der Waals surface area contributed by atoms with E-state index in [1.165, 1.54) is 0 Å². The normalized spacial score (nSPS) is 14.9. The molecule has 0 bridgehead atoms. The summed E-state index contributed by atoms with van der Waals surface area (Å²) in [4.78, 5) is 39.9. The lowest BCUT2D eigenvalue weighted by molar-refractivity contribution is -0.136. The van der Waals surface area contributed by atoms with E-state index in [-0.39, 0.29) is 36.7 Å². The molecule has 27 heavy (non-hydrogen) atoms. The molecule has 0 unspecified atom stereocenters. The molecular weight excluding hydrogens is 368 g/mol. The molecule has 0 atom stereocenters. The second kappa shape index (κ2) is 9.71. The largest absolute Gasteiger partial charge is 0.346 e. The van der Waals surface area contributed by atoms with Crippen LogP contribution in [0.5, 0.6) is 0 Å². The van der Waals surface area contributed by atoms with Crippen molar-refractivity contribution in [2.24, 2.45) is 5.92 Å². The topological polar surface area (TPSA) is 81.8 Å². The predicted molar refractivity (Wildman–Crippen MR) is 106 cm³/mol. The van der Waals surface area contributed by atoms with Crippen molar-refractivity contribution in [2.45, 2.75) is 20.8 Å². The highest BCUT2D eigenvalue weighted by molar-refractivity contribution is 6.31. The molecule has 3 amide bonds. The first-order valence-electron chi connectivity index (χ1n) is 9.10. The smallest absolute Gasteiger partial charge is 0.243 e. The van der Waals surface area contributed by atoms with Crippen molar-refractivity contribution in [3.8, 4) is 0 Å². The van der Waals surface area contributed by atoms with E-state index in [1.807, 2.05) is 30.6 Å². The third kappa shape index (κ3) is 6.22. The van der Waals surface area contributed by atoms with Crippen LogP contribution >= 0.6 is 11.6 Å². The van der Waals surface area contributed by atoms with Gasteiger partial charge in [-0.2, -0.15) is 0 Å². The summed E-state index contributed by atoms with van der Waals surface area (Å²) in [5.41, 5.74) is 1.42. The minimum absolute atomic E-state index is 0.0125. The van der Waals surface area contributed by atoms with Crippen LogP contribution in [-0.2, 0) is 14.4 Å². The lowest BCUT2D eigenvalue weighted by atomic mass is 10.1. The third-order valence-corrected chi connectivity index (χ3v) is 4.94. The zero-order valence-corrected chi connectivity index (χ0v) is 16.8. The van der Waals surface area contributed by atoms with Gasteiger partial charge in [0, 0.05) is 42.8 Å². The summed E-state index contributed by atoms with van der Waals surface area (Å²) in [6, 6.07) is 5.27. The van der Waals surface area contributed by atoms with Gasteiger partial charge in [0.15, 0.2) is 0 Å². The van der Waals surface area contributed by atoms with Gasteiger partial charge in [0.1, 0.15) is 0 Å². The quantitative estimate of drug-likeness (QED) is 0.766. The Morgan fingerprint density at radius 1 is 1.11 bits per heavy atom. The van der Waals surface area contributed by atoms with Gasteiger partial charge in [-0.25, -0.2) is 0 Å². The van der Waals surface area contributed by atoms with Crippen LogP contribution in [0.4, 0.5) is 5.69 Å². The van der Waals surface area contributed by atoms with E-state index in [2.05, 4.69) is 10.6 Å². The average Bonchev–Trinajstić information content (AvgIpc) is 2.64. The van der Waals surface area contributed by atoms with Crippen molar-refractivity contribution in [1.29, 1.82) is 0 Å². The molecule has 0 spiro atoms. The second-order valence-electron chi connectivity index (χ2n) is 6.99. The first kappa shape index (κ1) is 21.2. The number of nitrogens with zero attached hydrogens (tertiary/aromatic N) is 2. The molecular formula is C19H27ClN4O3. The number of hydrogen-bond donors (Lipinski definition) is 2. The number of nitrogens with one attached hydrogen (secondary N) is 2. The number of anilines is 1. The number of hydrogen-bond acceptors (Lipinski definition) is 4. The monoisotopic (exact) mass is 394 g/mol. The van der Waals surface area contributed by atoms with Crippen molar-refractivity contribution in [2.75, 3.05) is 44.6 Å². The summed E-state index contributed by atoms with van der Waals surface area (Å²) in [6.07, 6.45) is 0. The highest BCUT2D eigenvalue weighted by Gasteiger charge is 2.23. The highest BCUT2D eigenvalue weighted by Crippen LogP contribution is 2.22. The van der Waals surface area contributed by atoms with Crippen molar-refractivity contribution in [3.05, 3.63) is 28.8 Å². The Kier molecular flexibility index (Phi) is 7.62. The standard InChI is InChI=1S/C19H27ClN4O3/c1-13(2)19(27)24-9-7-23(8-10-24)12-18(26)21-11-17(25)22-16-6-4-5-15(20)14(16)3/h4-6,13H,7-12H2,1-3H3,(H,21,26)(H,22,25). The Hall–Kier alpha value is -2.12. The predicted octanol–water partition coefficient (Wildman–Crippen LogP) is 1.50. The molecule has 7 nitrogen and oxygen atoms in total. The first-order chi connectivity index (χ1) is 12.8. The molecule has 0 aliphatic carbocycles. The molecule has 2 rings (SSSR count). The van der Waals surface area contributed by atoms with E-state index in [9.17, 15) is 14.4 Å². The molecule has 148 valence electrons. The summed E-state index contributed by atoms with van der Waals surface area (Å²) < 4.78 is 0. The fraction of sp³-hybridized carbons (Fsp3) is 0.526. The van der Waals surface area contributed by atoms with E-state index in [4.69, 9.17) is 11.6 Å². The maximum atomic E-state index is 12.1. The van der Waals surface area contributed by atoms with Crippen LogP contribution in [0.2, 0.25) is 5.02 Å². The van der Waals surface area contributed by atoms with Gasteiger partial charge in [0.05, 0.1) is 13.1 Å². The van der Waals surface area contributed by atoms with Crippen molar-refractivity contribution in [1.82, 2.24) is 15.1 Å². The molecule has 1 aromatic rings. The zero-order chi connectivity index (χ0) is 20.0. The van der Waals surface area contributed by atoms with Crippen molar-refractivity contribution >= 4 is 35.0 Å². The van der Waals surface area contributed by atoms with Crippen LogP contribution in [0.25, 0.3) is 0 Å². The Bertz CT molecular complexity index is 700. The number of halogens is 1. The van der Waals surface area contributed by atoms with Gasteiger partial charge in [0.2, 0.25) is 17.7 Å². The van der Waals surface area contributed by atoms with Crippen LogP contribution in [0.3, 0.4) is 0 Å². The van der Waals surface area contributed by atoms with Crippen LogP contribution in [-0.4, -0.2) is 66.8 Å². The number of benzene rings is 1. The number of carbonyl (C=O) groups excluding carboxylic acids is 3. The lowest BCUT2D eigenvalue weighted by Crippen LogP contribution is -2.52. The molecule has 2 N–H and O–H groups in total. The van der Waals surface area contributed by atoms with Gasteiger partial charge in [-0.05, 0) is 24.6 Å². The molecule has 1 aliphatic rings. The van der Waals surface area contributed by atoms with E-state index >= 15 is 0 Å². The summed E-state index contributed by atoms with van der Waals surface area (Å²) in [6.45, 7) is 8.26. The number of carbonyl (C=O) groups is 3. The Balaban J connectivity index is 1.71. The number of piperazine rings is 1. The van der Waals surface area contributed by atoms with Gasteiger partial charge < -0.3 is 15.5 Å². The molecule has 8 heteroatoms. The molecule has 1 aromatic carbocycles. The van der Waals surface area contributed by atoms with E-state index < -0.39 is 0 Å². The molecule has 1 saturated heterocycles. The molecule has 1 heterocycles. The van der Waals surface area contributed by atoms with E-state index in [0.717, 1.165) is 5.56 Å². The lowest BCUT2D eigenvalue weighted by Gasteiger charge is -2.35. The van der Waals surface area contributed by atoms with Crippen molar-refractivity contribution in [3.63, 3.8) is 0 Å². The highest BCUT2D eigenvalue weighted by atomic mass is 35.5. The Morgan fingerprint density at radius 3 is 2.41 bits per heavy atom. The van der Waals surface area contributed by atoms with Crippen molar-refractivity contribution < 1.29 is 14.4 Å². The summed E-state index contributed by atoms with van der Waals surface area (Å²) >= 11 is 6.03. The Morgan fingerprint density at radius 2 is 1.78 bits per heavy atom.